The molecule has 0 bridgehead atoms. The molecule has 4 aromatic rings. The van der Waals surface area contributed by atoms with Crippen molar-refractivity contribution in [1.29, 1.82) is 0 Å². The Morgan fingerprint density at radius 3 is 2.48 bits per heavy atom. The Hall–Kier alpha value is -2.87. The molecular weight excluding hydrogens is 340 g/mol. The van der Waals surface area contributed by atoms with E-state index in [2.05, 4.69) is 20.4 Å². The van der Waals surface area contributed by atoms with Crippen LogP contribution in [0.4, 0.5) is 0 Å². The van der Waals surface area contributed by atoms with Gasteiger partial charge in [-0.3, -0.25) is 0 Å². The molecule has 7 nitrogen and oxygen atoms in total. The van der Waals surface area contributed by atoms with Crippen molar-refractivity contribution in [3.05, 3.63) is 54.1 Å². The van der Waals surface area contributed by atoms with Crippen molar-refractivity contribution in [2.24, 2.45) is 0 Å². The van der Waals surface area contributed by atoms with E-state index in [-0.39, 0.29) is 5.25 Å². The molecule has 1 atom stereocenters. The van der Waals surface area contributed by atoms with Crippen molar-refractivity contribution < 1.29 is 13.3 Å². The zero-order valence-electron chi connectivity index (χ0n) is 13.5. The highest BCUT2D eigenvalue weighted by atomic mass is 32.2. The van der Waals surface area contributed by atoms with E-state index >= 15 is 0 Å². The number of aryl methyl sites for hydroxylation is 1. The summed E-state index contributed by atoms with van der Waals surface area (Å²) in [6.45, 7) is 3.97. The summed E-state index contributed by atoms with van der Waals surface area (Å²) >= 11 is 1.35. The second-order valence-corrected chi connectivity index (χ2v) is 6.71. The van der Waals surface area contributed by atoms with E-state index in [9.17, 15) is 0 Å². The fourth-order valence-corrected chi connectivity index (χ4v) is 2.88. The van der Waals surface area contributed by atoms with Crippen LogP contribution in [0.25, 0.3) is 23.1 Å². The fraction of sp³-hybridized carbons (Fsp3) is 0.176. The summed E-state index contributed by atoms with van der Waals surface area (Å²) in [5.41, 5.74) is 2.07. The number of nitrogens with zero attached hydrogens (tertiary/aromatic N) is 4. The molecule has 0 fully saturated rings. The van der Waals surface area contributed by atoms with Crippen LogP contribution in [0.3, 0.4) is 0 Å². The highest BCUT2D eigenvalue weighted by Crippen LogP contribution is 2.35. The first-order valence-corrected chi connectivity index (χ1v) is 8.51. The zero-order valence-corrected chi connectivity index (χ0v) is 14.4. The van der Waals surface area contributed by atoms with Gasteiger partial charge in [-0.15, -0.1) is 20.4 Å². The van der Waals surface area contributed by atoms with Gasteiger partial charge in [0.1, 0.15) is 0 Å². The predicted molar refractivity (Wildman–Crippen MR) is 90.7 cm³/mol. The van der Waals surface area contributed by atoms with Crippen LogP contribution in [0.2, 0.25) is 0 Å². The molecule has 0 amide bonds. The predicted octanol–water partition coefficient (Wildman–Crippen LogP) is 4.54. The Bertz CT molecular complexity index is 960. The number of benzene rings is 1. The SMILES string of the molecule is Cc1ccc(-c2nnc([C@@H](C)Sc3nnc(-c4ccco4)o3)o2)cc1. The molecule has 25 heavy (non-hydrogen) atoms. The Labute approximate surface area is 147 Å². The van der Waals surface area contributed by atoms with Crippen LogP contribution in [0.15, 0.2) is 61.1 Å². The summed E-state index contributed by atoms with van der Waals surface area (Å²) in [4.78, 5) is 0. The Morgan fingerprint density at radius 2 is 1.72 bits per heavy atom. The van der Waals surface area contributed by atoms with Gasteiger partial charge in [-0.05, 0) is 38.1 Å². The van der Waals surface area contributed by atoms with Gasteiger partial charge in [-0.25, -0.2) is 0 Å². The minimum Gasteiger partial charge on any atom is -0.459 e. The van der Waals surface area contributed by atoms with Gasteiger partial charge in [-0.1, -0.05) is 29.5 Å². The van der Waals surface area contributed by atoms with E-state index in [1.165, 1.54) is 17.3 Å². The van der Waals surface area contributed by atoms with E-state index in [0.29, 0.717) is 28.7 Å². The number of furan rings is 1. The van der Waals surface area contributed by atoms with Gasteiger partial charge in [0.15, 0.2) is 5.76 Å². The first kappa shape index (κ1) is 15.6. The average molecular weight is 354 g/mol. The van der Waals surface area contributed by atoms with Gasteiger partial charge in [0, 0.05) is 5.56 Å². The highest BCUT2D eigenvalue weighted by Gasteiger charge is 2.20. The van der Waals surface area contributed by atoms with Gasteiger partial charge in [-0.2, -0.15) is 0 Å². The molecule has 0 aliphatic carbocycles. The second-order valence-electron chi connectivity index (χ2n) is 5.42. The van der Waals surface area contributed by atoms with Crippen molar-refractivity contribution >= 4 is 11.8 Å². The van der Waals surface area contributed by atoms with Crippen LogP contribution >= 0.6 is 11.8 Å². The molecule has 3 heterocycles. The lowest BCUT2D eigenvalue weighted by molar-refractivity contribution is 0.444. The van der Waals surface area contributed by atoms with Gasteiger partial charge in [0.2, 0.25) is 11.8 Å². The quantitative estimate of drug-likeness (QED) is 0.482. The first-order chi connectivity index (χ1) is 12.2. The summed E-state index contributed by atoms with van der Waals surface area (Å²) in [6.07, 6.45) is 1.56. The molecule has 1 aromatic carbocycles. The fourth-order valence-electron chi connectivity index (χ4n) is 2.17. The van der Waals surface area contributed by atoms with E-state index in [1.54, 1.807) is 18.4 Å². The largest absolute Gasteiger partial charge is 0.459 e. The minimum atomic E-state index is -0.128. The molecule has 3 aromatic heterocycles. The van der Waals surface area contributed by atoms with E-state index in [1.807, 2.05) is 38.1 Å². The molecular formula is C17H14N4O3S. The standard InChI is InChI=1S/C17H14N4O3S/c1-10-5-7-12(8-6-10)15-19-18-14(23-15)11(2)25-17-21-20-16(24-17)13-4-3-9-22-13/h3-9,11H,1-2H3/t11-/m1/s1. The number of hydrogen-bond donors (Lipinski definition) is 0. The molecule has 126 valence electrons. The van der Waals surface area contributed by atoms with Crippen molar-refractivity contribution in [2.75, 3.05) is 0 Å². The lowest BCUT2D eigenvalue weighted by Gasteiger charge is -2.01. The maximum Gasteiger partial charge on any atom is 0.284 e. The second kappa shape index (κ2) is 6.56. The third-order valence-electron chi connectivity index (χ3n) is 3.50. The molecule has 0 radical (unpaired) electrons. The lowest BCUT2D eigenvalue weighted by atomic mass is 10.1. The molecule has 0 N–H and O–H groups in total. The topological polar surface area (TPSA) is 91.0 Å². The summed E-state index contributed by atoms with van der Waals surface area (Å²) < 4.78 is 16.6. The van der Waals surface area contributed by atoms with Crippen molar-refractivity contribution in [1.82, 2.24) is 20.4 Å². The third kappa shape index (κ3) is 3.34. The normalized spacial score (nSPS) is 12.4. The molecule has 0 saturated heterocycles. The third-order valence-corrected chi connectivity index (χ3v) is 4.42. The molecule has 0 spiro atoms. The first-order valence-electron chi connectivity index (χ1n) is 7.63. The van der Waals surface area contributed by atoms with Crippen molar-refractivity contribution in [3.8, 4) is 23.1 Å². The van der Waals surface area contributed by atoms with E-state index in [4.69, 9.17) is 13.3 Å². The monoisotopic (exact) mass is 354 g/mol. The minimum absolute atomic E-state index is 0.128. The summed E-state index contributed by atoms with van der Waals surface area (Å²) in [7, 11) is 0. The highest BCUT2D eigenvalue weighted by molar-refractivity contribution is 7.99. The Morgan fingerprint density at radius 1 is 0.920 bits per heavy atom. The number of hydrogen-bond acceptors (Lipinski definition) is 8. The molecule has 0 aliphatic rings. The maximum atomic E-state index is 5.77. The number of thioether (sulfide) groups is 1. The van der Waals surface area contributed by atoms with Crippen molar-refractivity contribution in [3.63, 3.8) is 0 Å². The summed E-state index contributed by atoms with van der Waals surface area (Å²) in [5.74, 6) is 1.86. The van der Waals surface area contributed by atoms with Gasteiger partial charge >= 0.3 is 0 Å². The van der Waals surface area contributed by atoms with Gasteiger partial charge in [0.05, 0.1) is 11.5 Å². The van der Waals surface area contributed by atoms with Crippen LogP contribution in [0, 0.1) is 6.92 Å². The molecule has 0 unspecified atom stereocenters. The van der Waals surface area contributed by atoms with Crippen LogP contribution in [-0.2, 0) is 0 Å². The van der Waals surface area contributed by atoms with E-state index < -0.39 is 0 Å². The maximum absolute atomic E-state index is 5.77. The zero-order chi connectivity index (χ0) is 17.2. The Balaban J connectivity index is 1.48. The Kier molecular flexibility index (Phi) is 4.10. The molecule has 8 heteroatoms. The summed E-state index contributed by atoms with van der Waals surface area (Å²) in [6, 6.07) is 11.4. The average Bonchev–Trinajstić information content (AvgIpc) is 3.36. The smallest absolute Gasteiger partial charge is 0.284 e. The molecule has 0 aliphatic heterocycles. The van der Waals surface area contributed by atoms with Crippen LogP contribution in [-0.4, -0.2) is 20.4 Å². The van der Waals surface area contributed by atoms with Crippen molar-refractivity contribution in [2.45, 2.75) is 24.3 Å². The summed E-state index contributed by atoms with van der Waals surface area (Å²) in [5, 5.41) is 16.5. The van der Waals surface area contributed by atoms with Crippen LogP contribution in [0.5, 0.6) is 0 Å². The number of aromatic nitrogens is 4. The van der Waals surface area contributed by atoms with Gasteiger partial charge in [0.25, 0.3) is 11.1 Å². The van der Waals surface area contributed by atoms with E-state index in [0.717, 1.165) is 5.56 Å². The molecule has 0 saturated carbocycles. The van der Waals surface area contributed by atoms with Crippen LogP contribution < -0.4 is 0 Å². The molecule has 4 rings (SSSR count). The van der Waals surface area contributed by atoms with Crippen LogP contribution in [0.1, 0.15) is 23.6 Å². The van der Waals surface area contributed by atoms with Gasteiger partial charge < -0.3 is 13.3 Å². The number of rotatable bonds is 5. The lowest BCUT2D eigenvalue weighted by Crippen LogP contribution is -1.88.